The summed E-state index contributed by atoms with van der Waals surface area (Å²) in [7, 11) is -3.05. The Balaban J connectivity index is 0.000000207. The van der Waals surface area contributed by atoms with Crippen molar-refractivity contribution < 1.29 is 53.7 Å². The molecule has 336 valence electrons. The van der Waals surface area contributed by atoms with Crippen molar-refractivity contribution in [3.8, 4) is 35.7 Å². The molecule has 3 aromatic heterocycles. The third-order valence-corrected chi connectivity index (χ3v) is 11.6. The molecule has 0 atom stereocenters. The van der Waals surface area contributed by atoms with Crippen molar-refractivity contribution in [3.05, 3.63) is 91.0 Å². The number of nitrogens with one attached hydrogen (secondary N) is 3. The first kappa shape index (κ1) is 48.0. The number of nitrogens with zero attached hydrogens (tertiary/aromatic N) is 6. The maximum absolute atomic E-state index is 12.2. The summed E-state index contributed by atoms with van der Waals surface area (Å²) in [6, 6.07) is 21.4. The molecule has 0 amide bonds. The second-order valence-electron chi connectivity index (χ2n) is 11.9. The van der Waals surface area contributed by atoms with Crippen LogP contribution >= 0.6 is 0 Å². The molecule has 0 radical (unpaired) electrons. The Morgan fingerprint density at radius 1 is 0.365 bits per heavy atom. The van der Waals surface area contributed by atoms with E-state index in [4.69, 9.17) is 45.6 Å². The maximum atomic E-state index is 12.2. The van der Waals surface area contributed by atoms with Gasteiger partial charge in [0.25, 0.3) is 30.1 Å². The van der Waals surface area contributed by atoms with E-state index in [0.29, 0.717) is 17.1 Å². The van der Waals surface area contributed by atoms with Crippen molar-refractivity contribution in [1.29, 1.82) is 0 Å². The van der Waals surface area contributed by atoms with Crippen LogP contribution in [0.3, 0.4) is 0 Å². The van der Waals surface area contributed by atoms with Gasteiger partial charge < -0.3 is 45.6 Å². The minimum absolute atomic E-state index is 0.00986. The second-order valence-corrected chi connectivity index (χ2v) is 16.9. The highest BCUT2D eigenvalue weighted by Crippen LogP contribution is 2.24. The van der Waals surface area contributed by atoms with Crippen LogP contribution in [0.4, 0.5) is 34.5 Å². The molecule has 0 spiro atoms. The molecule has 3 heterocycles. The van der Waals surface area contributed by atoms with Crippen molar-refractivity contribution in [1.82, 2.24) is 29.9 Å². The number of hydrogen-bond acceptors (Lipinski definition) is 21. The molecule has 6 aromatic rings. The van der Waals surface area contributed by atoms with Crippen molar-refractivity contribution in [2.75, 3.05) is 74.0 Å². The van der Waals surface area contributed by atoms with Crippen LogP contribution in [0.5, 0.6) is 35.7 Å². The van der Waals surface area contributed by atoms with Crippen LogP contribution in [0.25, 0.3) is 0 Å². The molecule has 9 N–H and O–H groups in total. The first-order chi connectivity index (χ1) is 29.8. The fourth-order valence-corrected chi connectivity index (χ4v) is 7.46. The van der Waals surface area contributed by atoms with Gasteiger partial charge in [0.05, 0.1) is 57.3 Å². The topological polar surface area (TPSA) is 349 Å². The lowest BCUT2D eigenvalue weighted by atomic mass is 10.3. The Labute approximate surface area is 362 Å². The van der Waals surface area contributed by atoms with Gasteiger partial charge in [0.2, 0.25) is 17.6 Å². The number of nitrogens with two attached hydrogens (primary N) is 3. The molecular formula is C36H42N12O12S3. The summed E-state index contributed by atoms with van der Waals surface area (Å²) in [6.07, 6.45) is 0. The zero-order valence-electron chi connectivity index (χ0n) is 34.2. The van der Waals surface area contributed by atoms with Crippen LogP contribution in [0.15, 0.2) is 106 Å². The monoisotopic (exact) mass is 930 g/mol. The molecule has 0 bridgehead atoms. The molecule has 0 fully saturated rings. The first-order valence-electron chi connectivity index (χ1n) is 17.4. The predicted octanol–water partition coefficient (Wildman–Crippen LogP) is 2.63. The smallest absolute Gasteiger partial charge is 0.321 e. The Bertz CT molecular complexity index is 2430. The van der Waals surface area contributed by atoms with Crippen LogP contribution in [-0.4, -0.2) is 97.8 Å². The van der Waals surface area contributed by atoms with Gasteiger partial charge in [-0.3, -0.25) is 14.2 Å². The van der Waals surface area contributed by atoms with Gasteiger partial charge in [-0.05, 0) is 72.8 Å². The van der Waals surface area contributed by atoms with E-state index in [2.05, 4.69) is 44.1 Å². The van der Waals surface area contributed by atoms with E-state index >= 15 is 0 Å². The molecule has 3 aromatic carbocycles. The summed E-state index contributed by atoms with van der Waals surface area (Å²) in [6.45, 7) is 0. The summed E-state index contributed by atoms with van der Waals surface area (Å²) in [5.41, 5.74) is 18.0. The Morgan fingerprint density at radius 3 is 0.778 bits per heavy atom. The van der Waals surface area contributed by atoms with Crippen LogP contribution in [0.1, 0.15) is 0 Å². The molecule has 27 heteroatoms. The van der Waals surface area contributed by atoms with E-state index in [0.717, 1.165) is 0 Å². The van der Waals surface area contributed by atoms with Crippen molar-refractivity contribution in [3.63, 3.8) is 0 Å². The average molecular weight is 931 g/mol. The van der Waals surface area contributed by atoms with Crippen LogP contribution in [0.2, 0.25) is 0 Å². The number of ether oxygens (including phenoxy) is 6. The number of nitrogen functional groups attached to an aromatic ring is 3. The molecule has 0 saturated heterocycles. The quantitative estimate of drug-likeness (QED) is 0.0806. The summed E-state index contributed by atoms with van der Waals surface area (Å²) in [5.74, 6) is 0.646. The van der Waals surface area contributed by atoms with Crippen LogP contribution in [-0.2, 0) is 30.1 Å². The summed E-state index contributed by atoms with van der Waals surface area (Å²) in [4.78, 5) is 23.5. The first-order valence-corrected chi connectivity index (χ1v) is 21.8. The molecule has 6 rings (SSSR count). The third-order valence-electron chi connectivity index (χ3n) is 7.51. The largest absolute Gasteiger partial charge is 0.481 e. The minimum atomic E-state index is -3.79. The fraction of sp³-hybridized carbons (Fsp3) is 0.167. The highest BCUT2D eigenvalue weighted by molar-refractivity contribution is 7.93. The zero-order valence-corrected chi connectivity index (χ0v) is 36.6. The van der Waals surface area contributed by atoms with E-state index in [9.17, 15) is 25.3 Å². The fourth-order valence-electron chi connectivity index (χ4n) is 4.49. The van der Waals surface area contributed by atoms with E-state index in [1.165, 1.54) is 134 Å². The normalized spacial score (nSPS) is 11.0. The van der Waals surface area contributed by atoms with Crippen LogP contribution in [0, 0.1) is 0 Å². The number of sulfonamides is 3. The molecule has 0 aliphatic heterocycles. The van der Waals surface area contributed by atoms with Gasteiger partial charge in [-0.2, -0.15) is 29.9 Å². The maximum Gasteiger partial charge on any atom is 0.321 e. The predicted molar refractivity (Wildman–Crippen MR) is 230 cm³/mol. The summed E-state index contributed by atoms with van der Waals surface area (Å²) in [5, 5.41) is 0. The third kappa shape index (κ3) is 13.9. The molecule has 0 aliphatic rings. The number of aromatic nitrogens is 6. The lowest BCUT2D eigenvalue weighted by molar-refractivity contribution is 0.352. The lowest BCUT2D eigenvalue weighted by Gasteiger charge is -2.09. The Morgan fingerprint density at radius 2 is 0.587 bits per heavy atom. The van der Waals surface area contributed by atoms with Gasteiger partial charge in [0, 0.05) is 35.3 Å². The Hall–Kier alpha value is -7.65. The average Bonchev–Trinajstić information content (AvgIpc) is 3.26. The standard InChI is InChI=1S/3C12H14N4O4S/c3*1-19-11-7-10(14-12(15-11)20-2)16-21(17,18)9-5-3-8(13)4-6-9/h3*3-7H,13H2,1-2H3,(H,14,15,16). The van der Waals surface area contributed by atoms with Gasteiger partial charge in [0.15, 0.2) is 17.5 Å². The zero-order chi connectivity index (χ0) is 46.4. The van der Waals surface area contributed by atoms with E-state index in [1.807, 2.05) is 0 Å². The molecular weight excluding hydrogens is 889 g/mol. The SMILES string of the molecule is COc1cc(NS(=O)(=O)c2ccc(N)cc2)nc(OC)n1.COc1cc(NS(=O)(=O)c2ccc(N)cc2)nc(OC)n1.COc1cc(NS(=O)(=O)c2ccc(N)cc2)nc(OC)n1. The Kier molecular flexibility index (Phi) is 16.2. The molecule has 63 heavy (non-hydrogen) atoms. The van der Waals surface area contributed by atoms with Crippen molar-refractivity contribution >= 4 is 64.6 Å². The number of benzene rings is 3. The van der Waals surface area contributed by atoms with E-state index in [1.54, 1.807) is 0 Å². The lowest BCUT2D eigenvalue weighted by Crippen LogP contribution is -2.14. The van der Waals surface area contributed by atoms with Gasteiger partial charge in [-0.25, -0.2) is 25.3 Å². The molecule has 0 saturated carbocycles. The highest BCUT2D eigenvalue weighted by atomic mass is 32.2. The second kappa shape index (κ2) is 21.2. The molecule has 24 nitrogen and oxygen atoms in total. The van der Waals surface area contributed by atoms with Crippen molar-refractivity contribution in [2.45, 2.75) is 14.7 Å². The van der Waals surface area contributed by atoms with Gasteiger partial charge >= 0.3 is 18.0 Å². The summed E-state index contributed by atoms with van der Waals surface area (Å²) < 4.78 is 110. The minimum Gasteiger partial charge on any atom is -0.481 e. The number of hydrogen-bond donors (Lipinski definition) is 6. The van der Waals surface area contributed by atoms with E-state index < -0.39 is 30.1 Å². The van der Waals surface area contributed by atoms with E-state index in [-0.39, 0.29) is 67.8 Å². The van der Waals surface area contributed by atoms with Crippen molar-refractivity contribution in [2.24, 2.45) is 0 Å². The highest BCUT2D eigenvalue weighted by Gasteiger charge is 2.19. The van der Waals surface area contributed by atoms with Crippen LogP contribution < -0.4 is 59.8 Å². The molecule has 0 aliphatic carbocycles. The number of rotatable bonds is 15. The molecule has 0 unspecified atom stereocenters. The number of anilines is 6. The van der Waals surface area contributed by atoms with Gasteiger partial charge in [-0.1, -0.05) is 0 Å². The summed E-state index contributed by atoms with van der Waals surface area (Å²) >= 11 is 0. The number of methoxy groups -OCH3 is 6. The van der Waals surface area contributed by atoms with Gasteiger partial charge in [0.1, 0.15) is 0 Å². The van der Waals surface area contributed by atoms with Gasteiger partial charge in [-0.15, -0.1) is 0 Å².